The summed E-state index contributed by atoms with van der Waals surface area (Å²) in [6.07, 6.45) is 1.34. The van der Waals surface area contributed by atoms with Crippen molar-refractivity contribution in [2.24, 2.45) is 0 Å². The van der Waals surface area contributed by atoms with Gasteiger partial charge in [0.25, 0.3) is 10.0 Å². The summed E-state index contributed by atoms with van der Waals surface area (Å²) in [6.45, 7) is 4.85. The van der Waals surface area contributed by atoms with Gasteiger partial charge in [0.15, 0.2) is 0 Å². The maximum absolute atomic E-state index is 12.5. The molecule has 148 valence electrons. The van der Waals surface area contributed by atoms with Crippen LogP contribution in [-0.4, -0.2) is 49.1 Å². The summed E-state index contributed by atoms with van der Waals surface area (Å²) >= 11 is 0. The summed E-state index contributed by atoms with van der Waals surface area (Å²) in [5.74, 6) is -0.838. The van der Waals surface area contributed by atoms with Gasteiger partial charge in [-0.25, -0.2) is 22.7 Å². The van der Waals surface area contributed by atoms with E-state index in [0.29, 0.717) is 0 Å². The van der Waals surface area contributed by atoms with Crippen LogP contribution < -0.4 is 14.8 Å². The number of anilines is 1. The number of esters is 1. The monoisotopic (exact) mass is 407 g/mol. The van der Waals surface area contributed by atoms with Gasteiger partial charge >= 0.3 is 18.0 Å². The number of aryl methyl sites for hydroxylation is 1. The van der Waals surface area contributed by atoms with Crippen LogP contribution in [-0.2, 0) is 14.8 Å². The van der Waals surface area contributed by atoms with Crippen molar-refractivity contribution >= 4 is 28.0 Å². The van der Waals surface area contributed by atoms with Gasteiger partial charge in [0.1, 0.15) is 17.3 Å². The van der Waals surface area contributed by atoms with Crippen molar-refractivity contribution < 1.29 is 27.5 Å². The third-order valence-electron chi connectivity index (χ3n) is 3.09. The van der Waals surface area contributed by atoms with Crippen LogP contribution in [0.4, 0.5) is 10.7 Å². The van der Waals surface area contributed by atoms with E-state index < -0.39 is 26.9 Å². The van der Waals surface area contributed by atoms with Crippen molar-refractivity contribution in [1.82, 2.24) is 19.7 Å². The first-order valence-electron chi connectivity index (χ1n) is 7.74. The summed E-state index contributed by atoms with van der Waals surface area (Å²) < 4.78 is 36.6. The normalized spacial score (nSPS) is 10.6. The van der Waals surface area contributed by atoms with Crippen molar-refractivity contribution in [3.05, 3.63) is 48.3 Å². The van der Waals surface area contributed by atoms with Gasteiger partial charge < -0.3 is 9.47 Å². The van der Waals surface area contributed by atoms with E-state index in [1.807, 2.05) is 0 Å². The van der Waals surface area contributed by atoms with Crippen LogP contribution >= 0.6 is 0 Å². The topological polar surface area (TPSA) is 149 Å². The Morgan fingerprint density at radius 1 is 1.21 bits per heavy atom. The number of hydrogen-bond donors (Lipinski definition) is 2. The van der Waals surface area contributed by atoms with Gasteiger partial charge in [-0.1, -0.05) is 24.8 Å². The van der Waals surface area contributed by atoms with Crippen molar-refractivity contribution in [3.63, 3.8) is 0 Å². The first-order valence-corrected chi connectivity index (χ1v) is 9.22. The fraction of sp³-hybridized carbons (Fsp3) is 0.188. The molecule has 0 spiro atoms. The van der Waals surface area contributed by atoms with E-state index in [-0.39, 0.29) is 30.0 Å². The van der Waals surface area contributed by atoms with Gasteiger partial charge in [-0.3, -0.25) is 5.32 Å². The molecule has 11 nitrogen and oxygen atoms in total. The average molecular weight is 407 g/mol. The number of methoxy groups -OCH3 is 1. The highest BCUT2D eigenvalue weighted by molar-refractivity contribution is 7.90. The molecule has 1 aromatic heterocycles. The molecule has 0 radical (unpaired) electrons. The molecule has 0 aliphatic carbocycles. The number of urea groups is 1. The summed E-state index contributed by atoms with van der Waals surface area (Å²) in [5.41, 5.74) is -0.234. The Kier molecular flexibility index (Phi) is 6.60. The van der Waals surface area contributed by atoms with E-state index in [2.05, 4.69) is 26.8 Å². The molecule has 1 aromatic carbocycles. The highest BCUT2D eigenvalue weighted by Crippen LogP contribution is 2.17. The van der Waals surface area contributed by atoms with E-state index in [4.69, 9.17) is 9.47 Å². The molecule has 0 saturated heterocycles. The Labute approximate surface area is 160 Å². The zero-order valence-corrected chi connectivity index (χ0v) is 15.8. The zero-order valence-electron chi connectivity index (χ0n) is 15.0. The third kappa shape index (κ3) is 5.23. The molecule has 2 aromatic rings. The van der Waals surface area contributed by atoms with E-state index in [9.17, 15) is 18.0 Å². The predicted molar refractivity (Wildman–Crippen MR) is 97.4 cm³/mol. The van der Waals surface area contributed by atoms with Crippen LogP contribution in [0.15, 0.2) is 41.8 Å². The molecule has 28 heavy (non-hydrogen) atoms. The molecular weight excluding hydrogens is 390 g/mol. The smallest absolute Gasteiger partial charge is 0.339 e. The number of nitrogens with one attached hydrogen (secondary N) is 2. The lowest BCUT2D eigenvalue weighted by Crippen LogP contribution is -2.35. The number of sulfonamides is 1. The summed E-state index contributed by atoms with van der Waals surface area (Å²) in [4.78, 5) is 35.2. The van der Waals surface area contributed by atoms with Crippen molar-refractivity contribution in [1.29, 1.82) is 0 Å². The molecule has 0 atom stereocenters. The average Bonchev–Trinajstić information content (AvgIpc) is 2.65. The van der Waals surface area contributed by atoms with Crippen LogP contribution in [0.1, 0.15) is 16.2 Å². The van der Waals surface area contributed by atoms with Crippen LogP contribution in [0.5, 0.6) is 6.01 Å². The van der Waals surface area contributed by atoms with Crippen molar-refractivity contribution in [3.8, 4) is 6.01 Å². The van der Waals surface area contributed by atoms with Crippen LogP contribution in [0.2, 0.25) is 0 Å². The standard InChI is InChI=1S/C16H17N5O6S/c1-4-9-27-13(22)11-7-5-6-8-12(11)28(24,25)21-15(23)19-14-17-10(2)18-16(20-14)26-3/h4-8H,1,9H2,2-3H3,(H2,17,18,19,20,21,23). The largest absolute Gasteiger partial charge is 0.467 e. The molecule has 0 fully saturated rings. The minimum Gasteiger partial charge on any atom is -0.467 e. The Bertz CT molecular complexity index is 1010. The lowest BCUT2D eigenvalue weighted by atomic mass is 10.2. The first kappa shape index (κ1) is 20.8. The van der Waals surface area contributed by atoms with Crippen molar-refractivity contribution in [2.75, 3.05) is 19.0 Å². The number of ether oxygens (including phenoxy) is 2. The van der Waals surface area contributed by atoms with Gasteiger partial charge in [0.2, 0.25) is 5.95 Å². The SMILES string of the molecule is C=CCOC(=O)c1ccccc1S(=O)(=O)NC(=O)Nc1nc(C)nc(OC)n1. The van der Waals surface area contributed by atoms with E-state index in [1.54, 1.807) is 4.72 Å². The highest BCUT2D eigenvalue weighted by Gasteiger charge is 2.25. The number of hydrogen-bond acceptors (Lipinski definition) is 9. The fourth-order valence-electron chi connectivity index (χ4n) is 1.99. The summed E-state index contributed by atoms with van der Waals surface area (Å²) in [5, 5.41) is 2.17. The second-order valence-electron chi connectivity index (χ2n) is 5.14. The molecule has 1 heterocycles. The highest BCUT2D eigenvalue weighted by atomic mass is 32.2. The van der Waals surface area contributed by atoms with Gasteiger partial charge in [-0.15, -0.1) is 0 Å². The zero-order chi connectivity index (χ0) is 20.7. The number of carbonyl (C=O) groups is 2. The lowest BCUT2D eigenvalue weighted by Gasteiger charge is -2.11. The van der Waals surface area contributed by atoms with Gasteiger partial charge in [-0.2, -0.15) is 15.0 Å². The number of aromatic nitrogens is 3. The van der Waals surface area contributed by atoms with Crippen LogP contribution in [0, 0.1) is 6.92 Å². The minimum absolute atomic E-state index is 0.0547. The molecule has 0 aliphatic rings. The molecule has 2 rings (SSSR count). The van der Waals surface area contributed by atoms with Gasteiger partial charge in [0.05, 0.1) is 12.7 Å². The van der Waals surface area contributed by atoms with Crippen molar-refractivity contribution in [2.45, 2.75) is 11.8 Å². The molecule has 12 heteroatoms. The number of benzene rings is 1. The van der Waals surface area contributed by atoms with Gasteiger partial charge in [-0.05, 0) is 19.1 Å². The Balaban J connectivity index is 2.22. The second-order valence-corrected chi connectivity index (χ2v) is 6.79. The molecule has 2 amide bonds. The number of nitrogens with zero attached hydrogens (tertiary/aromatic N) is 3. The molecule has 0 saturated carbocycles. The molecule has 0 aliphatic heterocycles. The molecular formula is C16H17N5O6S. The minimum atomic E-state index is -4.40. The maximum Gasteiger partial charge on any atom is 0.339 e. The fourth-order valence-corrected chi connectivity index (χ4v) is 3.09. The van der Waals surface area contributed by atoms with Crippen LogP contribution in [0.3, 0.4) is 0 Å². The first-order chi connectivity index (χ1) is 13.3. The number of carbonyl (C=O) groups excluding carboxylic acids is 2. The second kappa shape index (κ2) is 8.90. The third-order valence-corrected chi connectivity index (χ3v) is 4.48. The van der Waals surface area contributed by atoms with E-state index in [0.717, 1.165) is 6.07 Å². The van der Waals surface area contributed by atoms with E-state index in [1.165, 1.54) is 38.3 Å². The Hall–Kier alpha value is -3.54. The lowest BCUT2D eigenvalue weighted by molar-refractivity contribution is 0.0545. The predicted octanol–water partition coefficient (Wildman–Crippen LogP) is 1.04. The molecule has 0 unspecified atom stereocenters. The number of rotatable bonds is 7. The van der Waals surface area contributed by atoms with Crippen LogP contribution in [0.25, 0.3) is 0 Å². The Morgan fingerprint density at radius 3 is 2.61 bits per heavy atom. The van der Waals surface area contributed by atoms with Gasteiger partial charge in [0, 0.05) is 0 Å². The molecule has 0 bridgehead atoms. The number of amides is 2. The quantitative estimate of drug-likeness (QED) is 0.507. The Morgan fingerprint density at radius 2 is 1.93 bits per heavy atom. The maximum atomic E-state index is 12.5. The summed E-state index contributed by atoms with van der Waals surface area (Å²) in [6, 6.07) is 4.09. The summed E-state index contributed by atoms with van der Waals surface area (Å²) in [7, 11) is -3.07. The van der Waals surface area contributed by atoms with E-state index >= 15 is 0 Å². The molecule has 2 N–H and O–H groups in total.